The minimum Gasteiger partial charge on any atom is -0.307 e. The SMILES string of the molecule is CC[C@@H](C)/C(C)=N\NC(=O)Nc1ccccc1. The second kappa shape index (κ2) is 6.68. The van der Waals surface area contributed by atoms with Crippen LogP contribution in [0.2, 0.25) is 0 Å². The van der Waals surface area contributed by atoms with Crippen LogP contribution in [0.15, 0.2) is 35.4 Å². The molecule has 0 unspecified atom stereocenters. The lowest BCUT2D eigenvalue weighted by Crippen LogP contribution is -2.26. The summed E-state index contributed by atoms with van der Waals surface area (Å²) in [5.74, 6) is 0.382. The summed E-state index contributed by atoms with van der Waals surface area (Å²) in [6.45, 7) is 6.08. The van der Waals surface area contributed by atoms with Crippen LogP contribution >= 0.6 is 0 Å². The van der Waals surface area contributed by atoms with Crippen molar-refractivity contribution in [3.8, 4) is 0 Å². The quantitative estimate of drug-likeness (QED) is 0.609. The van der Waals surface area contributed by atoms with Crippen molar-refractivity contribution in [2.24, 2.45) is 11.0 Å². The van der Waals surface area contributed by atoms with E-state index in [9.17, 15) is 4.79 Å². The van der Waals surface area contributed by atoms with Crippen molar-refractivity contribution in [1.82, 2.24) is 5.43 Å². The van der Waals surface area contributed by atoms with E-state index in [4.69, 9.17) is 0 Å². The average molecular weight is 233 g/mol. The number of carbonyl (C=O) groups is 1. The first-order valence-electron chi connectivity index (χ1n) is 5.79. The number of hydrogen-bond acceptors (Lipinski definition) is 2. The maximum Gasteiger partial charge on any atom is 0.339 e. The Labute approximate surface area is 102 Å². The van der Waals surface area contributed by atoms with Gasteiger partial charge >= 0.3 is 6.03 Å². The molecule has 2 amide bonds. The van der Waals surface area contributed by atoms with E-state index >= 15 is 0 Å². The number of hydrogen-bond donors (Lipinski definition) is 2. The maximum atomic E-state index is 11.5. The second-order valence-electron chi connectivity index (χ2n) is 3.99. The molecule has 0 fully saturated rings. The Morgan fingerprint density at radius 2 is 2.00 bits per heavy atom. The lowest BCUT2D eigenvalue weighted by molar-refractivity contribution is 0.252. The Kier molecular flexibility index (Phi) is 5.20. The van der Waals surface area contributed by atoms with Gasteiger partial charge in [-0.3, -0.25) is 0 Å². The molecule has 0 aliphatic carbocycles. The van der Waals surface area contributed by atoms with Crippen molar-refractivity contribution >= 4 is 17.4 Å². The van der Waals surface area contributed by atoms with Crippen molar-refractivity contribution in [3.05, 3.63) is 30.3 Å². The molecular weight excluding hydrogens is 214 g/mol. The summed E-state index contributed by atoms with van der Waals surface area (Å²) in [5.41, 5.74) is 4.16. The van der Waals surface area contributed by atoms with Gasteiger partial charge in [0, 0.05) is 11.4 Å². The topological polar surface area (TPSA) is 53.5 Å². The van der Waals surface area contributed by atoms with E-state index in [1.54, 1.807) is 0 Å². The van der Waals surface area contributed by atoms with Gasteiger partial charge < -0.3 is 5.32 Å². The number of amides is 2. The highest BCUT2D eigenvalue weighted by molar-refractivity contribution is 5.91. The first-order chi connectivity index (χ1) is 8.13. The Bertz CT molecular complexity index is 387. The van der Waals surface area contributed by atoms with Gasteiger partial charge in [0.2, 0.25) is 0 Å². The summed E-state index contributed by atoms with van der Waals surface area (Å²) >= 11 is 0. The van der Waals surface area contributed by atoms with E-state index in [1.807, 2.05) is 37.3 Å². The molecule has 1 aromatic rings. The number of nitrogens with zero attached hydrogens (tertiary/aromatic N) is 1. The van der Waals surface area contributed by atoms with Gasteiger partial charge in [0.15, 0.2) is 0 Å². The molecule has 4 nitrogen and oxygen atoms in total. The van der Waals surface area contributed by atoms with E-state index in [2.05, 4.69) is 29.7 Å². The van der Waals surface area contributed by atoms with Gasteiger partial charge in [-0.05, 0) is 31.4 Å². The van der Waals surface area contributed by atoms with Gasteiger partial charge in [-0.25, -0.2) is 10.2 Å². The van der Waals surface area contributed by atoms with Crippen LogP contribution in [0.3, 0.4) is 0 Å². The van der Waals surface area contributed by atoms with E-state index in [-0.39, 0.29) is 6.03 Å². The number of rotatable bonds is 4. The summed E-state index contributed by atoms with van der Waals surface area (Å²) < 4.78 is 0. The molecule has 17 heavy (non-hydrogen) atoms. The van der Waals surface area contributed by atoms with Crippen LogP contribution in [0.25, 0.3) is 0 Å². The largest absolute Gasteiger partial charge is 0.339 e. The van der Waals surface area contributed by atoms with Crippen molar-refractivity contribution in [2.75, 3.05) is 5.32 Å². The fourth-order valence-corrected chi connectivity index (χ4v) is 1.23. The van der Waals surface area contributed by atoms with Gasteiger partial charge in [-0.2, -0.15) is 5.10 Å². The van der Waals surface area contributed by atoms with Crippen LogP contribution in [0.1, 0.15) is 27.2 Å². The number of nitrogens with one attached hydrogen (secondary N) is 2. The molecule has 0 aliphatic rings. The molecular formula is C13H19N3O. The smallest absolute Gasteiger partial charge is 0.307 e. The van der Waals surface area contributed by atoms with E-state index < -0.39 is 0 Å². The van der Waals surface area contributed by atoms with Crippen molar-refractivity contribution in [2.45, 2.75) is 27.2 Å². The molecule has 1 aromatic carbocycles. The van der Waals surface area contributed by atoms with Crippen molar-refractivity contribution in [3.63, 3.8) is 0 Å². The Hall–Kier alpha value is -1.84. The van der Waals surface area contributed by atoms with E-state index in [1.165, 1.54) is 0 Å². The van der Waals surface area contributed by atoms with Crippen LogP contribution < -0.4 is 10.7 Å². The van der Waals surface area contributed by atoms with Crippen LogP contribution in [0, 0.1) is 5.92 Å². The number of anilines is 1. The standard InChI is InChI=1S/C13H19N3O/c1-4-10(2)11(3)15-16-13(17)14-12-8-6-5-7-9-12/h5-10H,4H2,1-3H3,(H2,14,16,17)/b15-11-/t10-/m1/s1. The minimum absolute atomic E-state index is 0.321. The first-order valence-corrected chi connectivity index (χ1v) is 5.79. The molecule has 1 rings (SSSR count). The monoisotopic (exact) mass is 233 g/mol. The van der Waals surface area contributed by atoms with Crippen LogP contribution in [0.5, 0.6) is 0 Å². The molecule has 0 aromatic heterocycles. The molecule has 92 valence electrons. The van der Waals surface area contributed by atoms with Crippen LogP contribution in [-0.4, -0.2) is 11.7 Å². The van der Waals surface area contributed by atoms with Crippen LogP contribution in [-0.2, 0) is 0 Å². The predicted octanol–water partition coefficient (Wildman–Crippen LogP) is 3.23. The predicted molar refractivity (Wildman–Crippen MR) is 71.2 cm³/mol. The summed E-state index contributed by atoms with van der Waals surface area (Å²) in [6, 6.07) is 8.95. The molecule has 0 bridgehead atoms. The van der Waals surface area contributed by atoms with Crippen LogP contribution in [0.4, 0.5) is 10.5 Å². The third kappa shape index (κ3) is 4.68. The normalized spacial score (nSPS) is 13.0. The van der Waals surface area contributed by atoms with Crippen molar-refractivity contribution in [1.29, 1.82) is 0 Å². The highest BCUT2D eigenvalue weighted by Gasteiger charge is 2.04. The number of carbonyl (C=O) groups excluding carboxylic acids is 1. The zero-order valence-corrected chi connectivity index (χ0v) is 10.5. The molecule has 0 spiro atoms. The van der Waals surface area contributed by atoms with E-state index in [0.717, 1.165) is 17.8 Å². The van der Waals surface area contributed by atoms with Gasteiger partial charge in [0.1, 0.15) is 0 Å². The first kappa shape index (κ1) is 13.2. The average Bonchev–Trinajstić information content (AvgIpc) is 2.36. The van der Waals surface area contributed by atoms with Gasteiger partial charge in [0.05, 0.1) is 0 Å². The molecule has 0 saturated carbocycles. The number of hydrazone groups is 1. The molecule has 2 N–H and O–H groups in total. The molecule has 0 heterocycles. The minimum atomic E-state index is -0.321. The zero-order valence-electron chi connectivity index (χ0n) is 10.5. The number of benzene rings is 1. The summed E-state index contributed by atoms with van der Waals surface area (Å²) in [4.78, 5) is 11.5. The Morgan fingerprint density at radius 1 is 1.35 bits per heavy atom. The fraction of sp³-hybridized carbons (Fsp3) is 0.385. The zero-order chi connectivity index (χ0) is 12.7. The molecule has 0 radical (unpaired) electrons. The van der Waals surface area contributed by atoms with Gasteiger partial charge in [0.25, 0.3) is 0 Å². The molecule has 0 saturated heterocycles. The fourth-order valence-electron chi connectivity index (χ4n) is 1.23. The Morgan fingerprint density at radius 3 is 2.59 bits per heavy atom. The van der Waals surface area contributed by atoms with Gasteiger partial charge in [-0.1, -0.05) is 32.0 Å². The summed E-state index contributed by atoms with van der Waals surface area (Å²) in [7, 11) is 0. The highest BCUT2D eigenvalue weighted by atomic mass is 16.2. The lowest BCUT2D eigenvalue weighted by atomic mass is 10.1. The maximum absolute atomic E-state index is 11.5. The molecule has 4 heteroatoms. The third-order valence-corrected chi connectivity index (χ3v) is 2.69. The Balaban J connectivity index is 2.46. The number of urea groups is 1. The molecule has 1 atom stereocenters. The third-order valence-electron chi connectivity index (χ3n) is 2.69. The van der Waals surface area contributed by atoms with Gasteiger partial charge in [-0.15, -0.1) is 0 Å². The highest BCUT2D eigenvalue weighted by Crippen LogP contribution is 2.05. The summed E-state index contributed by atoms with van der Waals surface area (Å²) in [5, 5.41) is 6.74. The lowest BCUT2D eigenvalue weighted by Gasteiger charge is -2.08. The number of para-hydroxylation sites is 1. The molecule has 0 aliphatic heterocycles. The summed E-state index contributed by atoms with van der Waals surface area (Å²) in [6.07, 6.45) is 1.01. The second-order valence-corrected chi connectivity index (χ2v) is 3.99. The van der Waals surface area contributed by atoms with Crippen molar-refractivity contribution < 1.29 is 4.79 Å². The van der Waals surface area contributed by atoms with E-state index in [0.29, 0.717) is 5.92 Å².